The Morgan fingerprint density at radius 3 is 2.47 bits per heavy atom. The molecule has 0 saturated carbocycles. The van der Waals surface area contributed by atoms with Gasteiger partial charge in [0, 0.05) is 38.3 Å². The van der Waals surface area contributed by atoms with Gasteiger partial charge in [0.15, 0.2) is 0 Å². The highest BCUT2D eigenvalue weighted by atomic mass is 19.1. The highest BCUT2D eigenvalue weighted by Crippen LogP contribution is 2.21. The first-order valence-corrected chi connectivity index (χ1v) is 6.36. The van der Waals surface area contributed by atoms with Gasteiger partial charge in [-0.25, -0.2) is 4.39 Å². The Labute approximate surface area is 102 Å². The maximum Gasteiger partial charge on any atom is 0.140 e. The van der Waals surface area contributed by atoms with Crippen LogP contribution in [0.25, 0.3) is 0 Å². The lowest BCUT2D eigenvalue weighted by atomic mass is 10.0. The topological polar surface area (TPSA) is 35.9 Å². The number of rotatable bonds is 3. The molecule has 0 aliphatic carbocycles. The molecule has 2 aliphatic rings. The molecule has 100 valence electrons. The van der Waals surface area contributed by atoms with Crippen LogP contribution in [-0.4, -0.2) is 78.7 Å². The molecule has 0 aromatic rings. The Hall–Kier alpha value is -0.230. The van der Waals surface area contributed by atoms with E-state index in [1.807, 2.05) is 4.90 Å². The van der Waals surface area contributed by atoms with E-state index < -0.39 is 12.3 Å². The van der Waals surface area contributed by atoms with Crippen LogP contribution in [0.15, 0.2) is 0 Å². The molecule has 17 heavy (non-hydrogen) atoms. The van der Waals surface area contributed by atoms with Gasteiger partial charge in [-0.2, -0.15) is 0 Å². The number of ether oxygens (including phenoxy) is 1. The van der Waals surface area contributed by atoms with E-state index in [1.165, 1.54) is 0 Å². The van der Waals surface area contributed by atoms with Crippen LogP contribution in [0.5, 0.6) is 0 Å². The average molecular weight is 246 g/mol. The van der Waals surface area contributed by atoms with Crippen LogP contribution in [-0.2, 0) is 4.74 Å². The van der Waals surface area contributed by atoms with Crippen LogP contribution < -0.4 is 0 Å². The summed E-state index contributed by atoms with van der Waals surface area (Å²) in [7, 11) is 0. The summed E-state index contributed by atoms with van der Waals surface area (Å²) in [6.07, 6.45) is -1.90. The smallest absolute Gasteiger partial charge is 0.140 e. The van der Waals surface area contributed by atoms with Crippen LogP contribution in [0, 0.1) is 0 Å². The van der Waals surface area contributed by atoms with E-state index in [2.05, 4.69) is 18.7 Å². The minimum absolute atomic E-state index is 0.00750. The van der Waals surface area contributed by atoms with Crippen LogP contribution in [0.3, 0.4) is 0 Å². The van der Waals surface area contributed by atoms with Crippen molar-refractivity contribution >= 4 is 0 Å². The summed E-state index contributed by atoms with van der Waals surface area (Å²) in [5.41, 5.74) is 0.00750. The summed E-state index contributed by atoms with van der Waals surface area (Å²) in [6.45, 7) is 9.38. The van der Waals surface area contributed by atoms with Gasteiger partial charge in [-0.15, -0.1) is 0 Å². The predicted octanol–water partition coefficient (Wildman–Crippen LogP) is 0.112. The number of aliphatic hydroxyl groups excluding tert-OH is 1. The lowest BCUT2D eigenvalue weighted by Crippen LogP contribution is -2.55. The number of morpholine rings is 1. The van der Waals surface area contributed by atoms with E-state index in [4.69, 9.17) is 4.74 Å². The largest absolute Gasteiger partial charge is 0.389 e. The summed E-state index contributed by atoms with van der Waals surface area (Å²) in [5.74, 6) is 0. The summed E-state index contributed by atoms with van der Waals surface area (Å²) < 4.78 is 18.6. The summed E-state index contributed by atoms with van der Waals surface area (Å²) in [5, 5.41) is 9.43. The van der Waals surface area contributed by atoms with Crippen LogP contribution in [0.4, 0.5) is 4.39 Å². The summed E-state index contributed by atoms with van der Waals surface area (Å²) in [6, 6.07) is 0. The number of aliphatic hydroxyl groups is 1. The third kappa shape index (κ3) is 3.16. The fraction of sp³-hybridized carbons (Fsp3) is 1.00. The Kier molecular flexibility index (Phi) is 4.02. The molecule has 4 nitrogen and oxygen atoms in total. The van der Waals surface area contributed by atoms with E-state index in [0.717, 1.165) is 32.8 Å². The average Bonchev–Trinajstić information content (AvgIpc) is 2.58. The first-order valence-electron chi connectivity index (χ1n) is 6.36. The SMILES string of the molecule is CC(C)(CN1C[C@@H](O)[C@H](F)C1)N1CCOCC1. The van der Waals surface area contributed by atoms with Crippen molar-refractivity contribution in [2.75, 3.05) is 45.9 Å². The minimum Gasteiger partial charge on any atom is -0.389 e. The molecule has 0 radical (unpaired) electrons. The highest BCUT2D eigenvalue weighted by Gasteiger charge is 2.36. The minimum atomic E-state index is -1.09. The highest BCUT2D eigenvalue weighted by molar-refractivity contribution is 4.91. The van der Waals surface area contributed by atoms with Crippen LogP contribution in [0.2, 0.25) is 0 Å². The molecular weight excluding hydrogens is 223 g/mol. The van der Waals surface area contributed by atoms with Gasteiger partial charge in [0.25, 0.3) is 0 Å². The van der Waals surface area contributed by atoms with Crippen molar-refractivity contribution < 1.29 is 14.2 Å². The Morgan fingerprint density at radius 1 is 1.29 bits per heavy atom. The van der Waals surface area contributed by atoms with E-state index in [1.54, 1.807) is 0 Å². The summed E-state index contributed by atoms with van der Waals surface area (Å²) >= 11 is 0. The monoisotopic (exact) mass is 246 g/mol. The Morgan fingerprint density at radius 2 is 1.94 bits per heavy atom. The quantitative estimate of drug-likeness (QED) is 0.767. The molecule has 5 heteroatoms. The maximum absolute atomic E-state index is 13.3. The van der Waals surface area contributed by atoms with Crippen molar-refractivity contribution in [1.29, 1.82) is 0 Å². The molecule has 0 aromatic heterocycles. The molecule has 2 fully saturated rings. The van der Waals surface area contributed by atoms with Gasteiger partial charge in [0.2, 0.25) is 0 Å². The molecule has 0 aromatic carbocycles. The predicted molar refractivity (Wildman–Crippen MR) is 63.8 cm³/mol. The number of alkyl halides is 1. The number of halogens is 1. The first-order chi connectivity index (χ1) is 7.99. The fourth-order valence-electron chi connectivity index (χ4n) is 2.77. The molecule has 0 unspecified atom stereocenters. The molecule has 0 spiro atoms. The lowest BCUT2D eigenvalue weighted by Gasteiger charge is -2.42. The number of β-amino-alcohol motifs (C(OH)–C–C–N with tert-alkyl or cyclic N) is 1. The maximum atomic E-state index is 13.3. The van der Waals surface area contributed by atoms with Crippen molar-refractivity contribution in [3.63, 3.8) is 0 Å². The van der Waals surface area contributed by atoms with E-state index in [0.29, 0.717) is 13.1 Å². The van der Waals surface area contributed by atoms with Crippen molar-refractivity contribution in [2.45, 2.75) is 31.7 Å². The molecule has 0 amide bonds. The fourth-order valence-corrected chi connectivity index (χ4v) is 2.77. The second kappa shape index (κ2) is 5.18. The third-order valence-electron chi connectivity index (χ3n) is 3.77. The zero-order valence-electron chi connectivity index (χ0n) is 10.7. The van der Waals surface area contributed by atoms with Crippen molar-refractivity contribution in [3.05, 3.63) is 0 Å². The number of nitrogens with zero attached hydrogens (tertiary/aromatic N) is 2. The van der Waals surface area contributed by atoms with Gasteiger partial charge in [0.05, 0.1) is 19.3 Å². The summed E-state index contributed by atoms with van der Waals surface area (Å²) in [4.78, 5) is 4.40. The Balaban J connectivity index is 1.88. The molecule has 2 aliphatic heterocycles. The molecule has 2 atom stereocenters. The van der Waals surface area contributed by atoms with Gasteiger partial charge in [0.1, 0.15) is 6.17 Å². The van der Waals surface area contributed by atoms with E-state index in [9.17, 15) is 9.50 Å². The molecule has 1 N–H and O–H groups in total. The van der Waals surface area contributed by atoms with Crippen LogP contribution >= 0.6 is 0 Å². The molecule has 2 saturated heterocycles. The lowest BCUT2D eigenvalue weighted by molar-refractivity contribution is -0.0205. The zero-order valence-corrected chi connectivity index (χ0v) is 10.7. The molecular formula is C12H23FN2O2. The Bertz CT molecular complexity index is 247. The van der Waals surface area contributed by atoms with Gasteiger partial charge >= 0.3 is 0 Å². The van der Waals surface area contributed by atoms with Gasteiger partial charge in [-0.05, 0) is 13.8 Å². The van der Waals surface area contributed by atoms with E-state index >= 15 is 0 Å². The molecule has 0 bridgehead atoms. The van der Waals surface area contributed by atoms with Crippen molar-refractivity contribution in [2.24, 2.45) is 0 Å². The normalized spacial score (nSPS) is 33.2. The van der Waals surface area contributed by atoms with Crippen molar-refractivity contribution in [3.8, 4) is 0 Å². The first kappa shape index (κ1) is 13.2. The molecule has 2 heterocycles. The molecule has 2 rings (SSSR count). The van der Waals surface area contributed by atoms with Gasteiger partial charge in [-0.1, -0.05) is 0 Å². The van der Waals surface area contributed by atoms with E-state index in [-0.39, 0.29) is 5.54 Å². The van der Waals surface area contributed by atoms with Crippen molar-refractivity contribution in [1.82, 2.24) is 9.80 Å². The van der Waals surface area contributed by atoms with Gasteiger partial charge < -0.3 is 9.84 Å². The number of hydrogen-bond acceptors (Lipinski definition) is 4. The standard InChI is InChI=1S/C12H23FN2O2/c1-12(2,15-3-5-17-6-4-15)9-14-7-10(13)11(16)8-14/h10-11,16H,3-9H2,1-2H3/t10-,11-/m1/s1. The number of likely N-dealkylation sites (tertiary alicyclic amines) is 1. The second-order valence-corrected chi connectivity index (χ2v) is 5.69. The van der Waals surface area contributed by atoms with Gasteiger partial charge in [-0.3, -0.25) is 9.80 Å². The van der Waals surface area contributed by atoms with Crippen LogP contribution in [0.1, 0.15) is 13.8 Å². The zero-order chi connectivity index (χ0) is 12.5. The third-order valence-corrected chi connectivity index (χ3v) is 3.77. The number of hydrogen-bond donors (Lipinski definition) is 1. The second-order valence-electron chi connectivity index (χ2n) is 5.69.